The molecule has 1 N–H and O–H groups in total. The molecule has 4 aromatic rings. The average Bonchev–Trinajstić information content (AvgIpc) is 3.57. The second kappa shape index (κ2) is 8.17. The van der Waals surface area contributed by atoms with Crippen molar-refractivity contribution in [3.8, 4) is 5.69 Å². The van der Waals surface area contributed by atoms with Gasteiger partial charge in [-0.3, -0.25) is 0 Å². The Kier molecular flexibility index (Phi) is 5.11. The lowest BCUT2D eigenvalue weighted by atomic mass is 9.60. The van der Waals surface area contributed by atoms with Crippen molar-refractivity contribution in [3.05, 3.63) is 99.5 Å². The Hall–Kier alpha value is -3.67. The molecule has 0 spiro atoms. The maximum Gasteiger partial charge on any atom is 0.165 e. The maximum absolute atomic E-state index is 15.4. The van der Waals surface area contributed by atoms with E-state index in [1.807, 2.05) is 6.20 Å². The molecule has 6 heteroatoms. The number of nitrogens with zero attached hydrogens (tertiary/aromatic N) is 4. The van der Waals surface area contributed by atoms with E-state index in [-0.39, 0.29) is 22.6 Å². The van der Waals surface area contributed by atoms with E-state index in [2.05, 4.69) is 97.6 Å². The summed E-state index contributed by atoms with van der Waals surface area (Å²) >= 11 is 0. The van der Waals surface area contributed by atoms with Crippen LogP contribution in [0.3, 0.4) is 0 Å². The molecule has 0 saturated carbocycles. The summed E-state index contributed by atoms with van der Waals surface area (Å²) in [6.07, 6.45) is 8.04. The fraction of sp³-hybridized carbons (Fsp3) is 0.394. The Morgan fingerprint density at radius 1 is 1.15 bits per heavy atom. The van der Waals surface area contributed by atoms with Crippen LogP contribution in [0.5, 0.6) is 0 Å². The Morgan fingerprint density at radius 3 is 2.72 bits per heavy atom. The summed E-state index contributed by atoms with van der Waals surface area (Å²) in [6.45, 7) is 14.6. The highest BCUT2D eigenvalue weighted by atomic mass is 19.1. The number of aryl methyl sites for hydroxylation is 1. The molecular formula is C33H36FN5. The number of nitrogens with one attached hydrogen (secondary N) is 1. The van der Waals surface area contributed by atoms with E-state index in [9.17, 15) is 0 Å². The van der Waals surface area contributed by atoms with E-state index in [0.717, 1.165) is 24.1 Å². The minimum Gasteiger partial charge on any atom is -0.364 e. The molecule has 7 rings (SSSR count). The van der Waals surface area contributed by atoms with Crippen molar-refractivity contribution < 1.29 is 4.39 Å². The lowest BCUT2D eigenvalue weighted by molar-refractivity contribution is 0.554. The molecule has 0 fully saturated rings. The highest BCUT2D eigenvalue weighted by molar-refractivity contribution is 5.89. The Balaban J connectivity index is 1.47. The van der Waals surface area contributed by atoms with E-state index in [1.54, 1.807) is 6.07 Å². The van der Waals surface area contributed by atoms with Crippen LogP contribution in [-0.2, 0) is 30.2 Å². The van der Waals surface area contributed by atoms with Gasteiger partial charge in [0.25, 0.3) is 0 Å². The van der Waals surface area contributed by atoms with Gasteiger partial charge in [0.1, 0.15) is 0 Å². The fourth-order valence-corrected chi connectivity index (χ4v) is 7.21. The number of halogens is 1. The van der Waals surface area contributed by atoms with Gasteiger partial charge in [-0.25, -0.2) is 14.1 Å². The van der Waals surface area contributed by atoms with E-state index < -0.39 is 0 Å². The third-order valence-corrected chi connectivity index (χ3v) is 9.29. The Morgan fingerprint density at radius 2 is 1.97 bits per heavy atom. The molecule has 0 saturated heterocycles. The molecule has 3 aromatic heterocycles. The first-order valence-electron chi connectivity index (χ1n) is 14.2. The zero-order valence-electron chi connectivity index (χ0n) is 23.7. The molecule has 200 valence electrons. The number of fused-ring (bicyclic) bond motifs is 10. The van der Waals surface area contributed by atoms with Crippen molar-refractivity contribution in [2.45, 2.75) is 77.7 Å². The first kappa shape index (κ1) is 24.4. The molecule has 1 aliphatic carbocycles. The van der Waals surface area contributed by atoms with Gasteiger partial charge in [0.2, 0.25) is 0 Å². The van der Waals surface area contributed by atoms with Crippen LogP contribution in [0.25, 0.3) is 11.3 Å². The van der Waals surface area contributed by atoms with Crippen LogP contribution >= 0.6 is 0 Å². The molecular weight excluding hydrogens is 485 g/mol. The van der Waals surface area contributed by atoms with Crippen molar-refractivity contribution in [2.24, 2.45) is 0 Å². The predicted molar refractivity (Wildman–Crippen MR) is 154 cm³/mol. The highest BCUT2D eigenvalue weighted by Gasteiger charge is 2.51. The number of H-pyrrole nitrogens is 1. The van der Waals surface area contributed by atoms with E-state index in [1.165, 1.54) is 44.9 Å². The molecule has 2 aliphatic heterocycles. The normalized spacial score (nSPS) is 20.6. The smallest absolute Gasteiger partial charge is 0.165 e. The van der Waals surface area contributed by atoms with Crippen LogP contribution in [0.2, 0.25) is 0 Å². The van der Waals surface area contributed by atoms with Crippen molar-refractivity contribution in [1.29, 1.82) is 0 Å². The average molecular weight is 522 g/mol. The van der Waals surface area contributed by atoms with Gasteiger partial charge < -0.3 is 9.88 Å². The van der Waals surface area contributed by atoms with Crippen LogP contribution in [0.15, 0.2) is 48.8 Å². The maximum atomic E-state index is 15.4. The minimum atomic E-state index is -0.388. The predicted octanol–water partition coefficient (Wildman–Crippen LogP) is 6.98. The van der Waals surface area contributed by atoms with Crippen molar-refractivity contribution >= 4 is 11.4 Å². The molecule has 0 radical (unpaired) electrons. The number of rotatable bonds is 3. The van der Waals surface area contributed by atoms with Crippen LogP contribution in [0.4, 0.5) is 10.2 Å². The summed E-state index contributed by atoms with van der Waals surface area (Å²) in [5.74, 6) is 0.424. The lowest BCUT2D eigenvalue weighted by Gasteiger charge is -2.46. The summed E-state index contributed by atoms with van der Waals surface area (Å²) in [5, 5.41) is 5.30. The van der Waals surface area contributed by atoms with Gasteiger partial charge in [0, 0.05) is 54.1 Å². The number of para-hydroxylation sites is 1. The fourth-order valence-electron chi connectivity index (χ4n) is 7.21. The largest absolute Gasteiger partial charge is 0.364 e. The molecule has 0 amide bonds. The van der Waals surface area contributed by atoms with Gasteiger partial charge in [-0.2, -0.15) is 5.10 Å². The number of benzene rings is 1. The number of anilines is 1. The molecule has 5 heterocycles. The lowest BCUT2D eigenvalue weighted by Crippen LogP contribution is -2.41. The molecule has 1 atom stereocenters. The van der Waals surface area contributed by atoms with Gasteiger partial charge in [-0.05, 0) is 53.7 Å². The molecule has 0 bridgehead atoms. The first-order valence-corrected chi connectivity index (χ1v) is 14.2. The standard InChI is InChI=1S/C33H36FN5/c1-7-20-9-8-10-22-25-16-32(4,5)29-24(11-13-35-29)33(25,6)30-23-18-38(14-12-27(23)37-39(30)28(20)22)31-26(34)15-21(17-36-31)19(2)3/h8-11,13,15-17,19,35H,7,12,14,18H2,1-6H3. The van der Waals surface area contributed by atoms with Gasteiger partial charge >= 0.3 is 0 Å². The number of pyridine rings is 1. The zero-order valence-corrected chi connectivity index (χ0v) is 23.7. The molecule has 3 aliphatic rings. The summed E-state index contributed by atoms with van der Waals surface area (Å²) in [4.78, 5) is 10.3. The Bertz CT molecular complexity index is 1670. The number of hydrogen-bond donors (Lipinski definition) is 1. The number of allylic oxidation sites excluding steroid dienone is 2. The Labute approximate surface area is 229 Å². The van der Waals surface area contributed by atoms with Crippen LogP contribution in [0, 0.1) is 5.82 Å². The SMILES string of the molecule is CCc1cccc2c1-n1nc3c(c1C1(C)C2=CC(C)(C)c2[nH]ccc21)CN(c1ncc(C(C)C)cc1F)CC3. The minimum absolute atomic E-state index is 0.132. The van der Waals surface area contributed by atoms with E-state index in [4.69, 9.17) is 5.10 Å². The van der Waals surface area contributed by atoms with Gasteiger partial charge in [0.05, 0.1) is 22.5 Å². The topological polar surface area (TPSA) is 49.7 Å². The van der Waals surface area contributed by atoms with Crippen LogP contribution < -0.4 is 4.90 Å². The summed E-state index contributed by atoms with van der Waals surface area (Å²) in [7, 11) is 0. The van der Waals surface area contributed by atoms with Crippen LogP contribution in [0.1, 0.15) is 92.4 Å². The first-order chi connectivity index (χ1) is 18.6. The van der Waals surface area contributed by atoms with Crippen molar-refractivity contribution in [1.82, 2.24) is 19.7 Å². The highest BCUT2D eigenvalue weighted by Crippen LogP contribution is 2.57. The molecule has 5 nitrogen and oxygen atoms in total. The van der Waals surface area contributed by atoms with E-state index in [0.29, 0.717) is 18.9 Å². The second-order valence-corrected chi connectivity index (χ2v) is 12.4. The third kappa shape index (κ3) is 3.23. The monoisotopic (exact) mass is 521 g/mol. The summed E-state index contributed by atoms with van der Waals surface area (Å²) < 4.78 is 17.6. The summed E-state index contributed by atoms with van der Waals surface area (Å²) in [6, 6.07) is 10.6. The zero-order chi connectivity index (χ0) is 27.3. The number of aromatic nitrogens is 4. The van der Waals surface area contributed by atoms with Crippen molar-refractivity contribution in [3.63, 3.8) is 0 Å². The van der Waals surface area contributed by atoms with Crippen LogP contribution in [-0.4, -0.2) is 26.3 Å². The molecule has 1 aromatic carbocycles. The number of aromatic amines is 1. The van der Waals surface area contributed by atoms with E-state index >= 15 is 4.39 Å². The third-order valence-electron chi connectivity index (χ3n) is 9.29. The van der Waals surface area contributed by atoms with Gasteiger partial charge in [-0.1, -0.05) is 58.9 Å². The quantitative estimate of drug-likeness (QED) is 0.317. The van der Waals surface area contributed by atoms with Gasteiger partial charge in [0.15, 0.2) is 11.6 Å². The second-order valence-electron chi connectivity index (χ2n) is 12.4. The summed E-state index contributed by atoms with van der Waals surface area (Å²) in [5.41, 5.74) is 11.6. The van der Waals surface area contributed by atoms with Gasteiger partial charge in [-0.15, -0.1) is 0 Å². The molecule has 39 heavy (non-hydrogen) atoms. The van der Waals surface area contributed by atoms with Crippen molar-refractivity contribution in [2.75, 3.05) is 11.4 Å². The molecule has 1 unspecified atom stereocenters. The number of hydrogen-bond acceptors (Lipinski definition) is 3.